The first-order valence-electron chi connectivity index (χ1n) is 6.56. The third kappa shape index (κ3) is 1.88. The predicted molar refractivity (Wildman–Crippen MR) is 64.2 cm³/mol. The van der Waals surface area contributed by atoms with Gasteiger partial charge in [-0.3, -0.25) is 0 Å². The number of aromatic nitrogens is 2. The SMILES string of the molecule is CC1CC(NC2CCCC2n2ccnc2)C1. The third-order valence-corrected chi connectivity index (χ3v) is 4.21. The summed E-state index contributed by atoms with van der Waals surface area (Å²) in [5, 5.41) is 3.84. The van der Waals surface area contributed by atoms with E-state index < -0.39 is 0 Å². The van der Waals surface area contributed by atoms with Crippen LogP contribution in [0.4, 0.5) is 0 Å². The smallest absolute Gasteiger partial charge is 0.0949 e. The molecule has 16 heavy (non-hydrogen) atoms. The highest BCUT2D eigenvalue weighted by molar-refractivity contribution is 4.95. The summed E-state index contributed by atoms with van der Waals surface area (Å²) < 4.78 is 2.28. The van der Waals surface area contributed by atoms with Crippen molar-refractivity contribution in [3.05, 3.63) is 18.7 Å². The molecule has 0 bridgehead atoms. The Morgan fingerprint density at radius 3 is 2.88 bits per heavy atom. The summed E-state index contributed by atoms with van der Waals surface area (Å²) >= 11 is 0. The van der Waals surface area contributed by atoms with Crippen molar-refractivity contribution in [2.45, 2.75) is 57.2 Å². The average Bonchev–Trinajstić information content (AvgIpc) is 2.83. The van der Waals surface area contributed by atoms with E-state index in [9.17, 15) is 0 Å². The molecule has 2 aliphatic rings. The van der Waals surface area contributed by atoms with E-state index >= 15 is 0 Å². The second-order valence-electron chi connectivity index (χ2n) is 5.55. The zero-order valence-electron chi connectivity index (χ0n) is 9.97. The second-order valence-corrected chi connectivity index (χ2v) is 5.55. The molecule has 0 aliphatic heterocycles. The van der Waals surface area contributed by atoms with Crippen molar-refractivity contribution >= 4 is 0 Å². The molecule has 1 heterocycles. The number of nitrogens with one attached hydrogen (secondary N) is 1. The average molecular weight is 219 g/mol. The van der Waals surface area contributed by atoms with Crippen LogP contribution in [0.3, 0.4) is 0 Å². The van der Waals surface area contributed by atoms with Gasteiger partial charge in [0.05, 0.1) is 6.33 Å². The molecule has 1 N–H and O–H groups in total. The highest BCUT2D eigenvalue weighted by Crippen LogP contribution is 2.33. The van der Waals surface area contributed by atoms with Gasteiger partial charge in [0, 0.05) is 30.5 Å². The highest BCUT2D eigenvalue weighted by Gasteiger charge is 2.33. The van der Waals surface area contributed by atoms with Gasteiger partial charge in [-0.05, 0) is 38.0 Å². The second kappa shape index (κ2) is 4.21. The third-order valence-electron chi connectivity index (χ3n) is 4.21. The molecule has 2 fully saturated rings. The molecular weight excluding hydrogens is 198 g/mol. The van der Waals surface area contributed by atoms with Crippen LogP contribution < -0.4 is 5.32 Å². The van der Waals surface area contributed by atoms with Gasteiger partial charge in [0.2, 0.25) is 0 Å². The van der Waals surface area contributed by atoms with Crippen LogP contribution in [-0.4, -0.2) is 21.6 Å². The predicted octanol–water partition coefficient (Wildman–Crippen LogP) is 2.36. The van der Waals surface area contributed by atoms with Gasteiger partial charge in [-0.25, -0.2) is 4.98 Å². The molecule has 1 aromatic heterocycles. The van der Waals surface area contributed by atoms with E-state index in [2.05, 4.69) is 28.0 Å². The van der Waals surface area contributed by atoms with Crippen LogP contribution in [0.15, 0.2) is 18.7 Å². The van der Waals surface area contributed by atoms with Gasteiger partial charge >= 0.3 is 0 Å². The topological polar surface area (TPSA) is 29.9 Å². The first-order valence-corrected chi connectivity index (χ1v) is 6.56. The van der Waals surface area contributed by atoms with Gasteiger partial charge in [0.25, 0.3) is 0 Å². The van der Waals surface area contributed by atoms with Crippen LogP contribution in [0.2, 0.25) is 0 Å². The normalized spacial score (nSPS) is 38.6. The Kier molecular flexibility index (Phi) is 2.72. The maximum absolute atomic E-state index is 4.16. The van der Waals surface area contributed by atoms with E-state index in [0.717, 1.165) is 12.0 Å². The molecule has 0 radical (unpaired) electrons. The Morgan fingerprint density at radius 1 is 1.31 bits per heavy atom. The van der Waals surface area contributed by atoms with Gasteiger partial charge in [0.15, 0.2) is 0 Å². The van der Waals surface area contributed by atoms with E-state index in [0.29, 0.717) is 12.1 Å². The van der Waals surface area contributed by atoms with Crippen LogP contribution in [0.5, 0.6) is 0 Å². The van der Waals surface area contributed by atoms with Crippen LogP contribution in [-0.2, 0) is 0 Å². The van der Waals surface area contributed by atoms with Crippen molar-refractivity contribution in [2.75, 3.05) is 0 Å². The van der Waals surface area contributed by atoms with Crippen LogP contribution in [0, 0.1) is 5.92 Å². The lowest BCUT2D eigenvalue weighted by atomic mass is 9.81. The summed E-state index contributed by atoms with van der Waals surface area (Å²) in [6, 6.07) is 2.09. The van der Waals surface area contributed by atoms with Crippen molar-refractivity contribution in [2.24, 2.45) is 5.92 Å². The quantitative estimate of drug-likeness (QED) is 0.845. The molecule has 2 atom stereocenters. The van der Waals surface area contributed by atoms with E-state index in [1.807, 2.05) is 12.5 Å². The summed E-state index contributed by atoms with van der Waals surface area (Å²) in [5.74, 6) is 0.936. The maximum Gasteiger partial charge on any atom is 0.0949 e. The molecule has 0 saturated heterocycles. The van der Waals surface area contributed by atoms with E-state index in [1.54, 1.807) is 0 Å². The number of rotatable bonds is 3. The molecular formula is C13H21N3. The van der Waals surface area contributed by atoms with Gasteiger partial charge in [-0.2, -0.15) is 0 Å². The summed E-state index contributed by atoms with van der Waals surface area (Å²) in [6.45, 7) is 2.35. The lowest BCUT2D eigenvalue weighted by Gasteiger charge is -2.37. The molecule has 3 rings (SSSR count). The molecule has 0 spiro atoms. The Hall–Kier alpha value is -0.830. The highest BCUT2D eigenvalue weighted by atomic mass is 15.1. The van der Waals surface area contributed by atoms with Gasteiger partial charge in [-0.15, -0.1) is 0 Å². The van der Waals surface area contributed by atoms with Crippen molar-refractivity contribution in [3.8, 4) is 0 Å². The molecule has 0 aromatic carbocycles. The van der Waals surface area contributed by atoms with Crippen LogP contribution in [0.1, 0.15) is 45.1 Å². The molecule has 2 unspecified atom stereocenters. The summed E-state index contributed by atoms with van der Waals surface area (Å²) in [4.78, 5) is 4.16. The fourth-order valence-electron chi connectivity index (χ4n) is 3.30. The van der Waals surface area contributed by atoms with Crippen LogP contribution >= 0.6 is 0 Å². The standard InChI is InChI=1S/C13H21N3/c1-10-7-11(8-10)15-12-3-2-4-13(12)16-6-5-14-9-16/h5-6,9-13,15H,2-4,7-8H2,1H3. The van der Waals surface area contributed by atoms with Crippen molar-refractivity contribution < 1.29 is 0 Å². The zero-order chi connectivity index (χ0) is 11.0. The summed E-state index contributed by atoms with van der Waals surface area (Å²) in [5.41, 5.74) is 0. The monoisotopic (exact) mass is 219 g/mol. The number of hydrogen-bond donors (Lipinski definition) is 1. The number of hydrogen-bond acceptors (Lipinski definition) is 2. The lowest BCUT2D eigenvalue weighted by Crippen LogP contribution is -2.47. The Morgan fingerprint density at radius 2 is 2.19 bits per heavy atom. The first kappa shape index (κ1) is 10.3. The summed E-state index contributed by atoms with van der Waals surface area (Å²) in [6.07, 6.45) is 12.7. The minimum atomic E-state index is 0.637. The van der Waals surface area contributed by atoms with Crippen molar-refractivity contribution in [3.63, 3.8) is 0 Å². The number of imidazole rings is 1. The molecule has 2 aliphatic carbocycles. The number of nitrogens with zero attached hydrogens (tertiary/aromatic N) is 2. The maximum atomic E-state index is 4.16. The lowest BCUT2D eigenvalue weighted by molar-refractivity contribution is 0.207. The molecule has 3 heteroatoms. The fourth-order valence-corrected chi connectivity index (χ4v) is 3.30. The molecule has 1 aromatic rings. The zero-order valence-corrected chi connectivity index (χ0v) is 9.97. The van der Waals surface area contributed by atoms with E-state index in [-0.39, 0.29) is 0 Å². The van der Waals surface area contributed by atoms with E-state index in [4.69, 9.17) is 0 Å². The largest absolute Gasteiger partial charge is 0.333 e. The van der Waals surface area contributed by atoms with Gasteiger partial charge < -0.3 is 9.88 Å². The Labute approximate surface area is 97.3 Å². The van der Waals surface area contributed by atoms with E-state index in [1.165, 1.54) is 32.1 Å². The minimum absolute atomic E-state index is 0.637. The van der Waals surface area contributed by atoms with Gasteiger partial charge in [0.1, 0.15) is 0 Å². The molecule has 2 saturated carbocycles. The van der Waals surface area contributed by atoms with Crippen molar-refractivity contribution in [1.82, 2.24) is 14.9 Å². The first-order chi connectivity index (χ1) is 7.83. The minimum Gasteiger partial charge on any atom is -0.333 e. The fraction of sp³-hybridized carbons (Fsp3) is 0.769. The Balaban J connectivity index is 1.61. The van der Waals surface area contributed by atoms with Crippen LogP contribution in [0.25, 0.3) is 0 Å². The van der Waals surface area contributed by atoms with Crippen molar-refractivity contribution in [1.29, 1.82) is 0 Å². The summed E-state index contributed by atoms with van der Waals surface area (Å²) in [7, 11) is 0. The molecule has 88 valence electrons. The molecule has 0 amide bonds. The molecule has 3 nitrogen and oxygen atoms in total. The Bertz CT molecular complexity index is 327. The van der Waals surface area contributed by atoms with Gasteiger partial charge in [-0.1, -0.05) is 6.92 Å².